The van der Waals surface area contributed by atoms with E-state index in [2.05, 4.69) is 27.8 Å². The van der Waals surface area contributed by atoms with Crippen LogP contribution in [0, 0.1) is 26.6 Å². The molecule has 32 heavy (non-hydrogen) atoms. The van der Waals surface area contributed by atoms with Crippen molar-refractivity contribution in [2.75, 3.05) is 6.54 Å². The Morgan fingerprint density at radius 1 is 1.12 bits per heavy atom. The van der Waals surface area contributed by atoms with Crippen LogP contribution in [0.5, 0.6) is 0 Å². The van der Waals surface area contributed by atoms with Crippen molar-refractivity contribution in [2.24, 2.45) is 0 Å². The van der Waals surface area contributed by atoms with Gasteiger partial charge in [-0.2, -0.15) is 15.0 Å². The average molecular weight is 430 g/mol. The Labute approximate surface area is 184 Å². The zero-order valence-electron chi connectivity index (χ0n) is 18.2. The summed E-state index contributed by atoms with van der Waals surface area (Å²) in [6, 6.07) is 7.01. The number of halogens is 1. The summed E-state index contributed by atoms with van der Waals surface area (Å²) in [6.45, 7) is 10.2. The second-order valence-corrected chi connectivity index (χ2v) is 8.39. The number of likely N-dealkylation sites (tertiary alicyclic amines) is 1. The molecule has 5 rings (SSSR count). The van der Waals surface area contributed by atoms with Gasteiger partial charge in [-0.25, -0.2) is 9.37 Å². The normalized spacial score (nSPS) is 16.3. The Morgan fingerprint density at radius 2 is 1.84 bits per heavy atom. The van der Waals surface area contributed by atoms with Crippen LogP contribution < -0.4 is 0 Å². The third kappa shape index (κ3) is 3.19. The maximum Gasteiger partial charge on any atom is 0.260 e. The van der Waals surface area contributed by atoms with E-state index in [0.717, 1.165) is 27.7 Å². The van der Waals surface area contributed by atoms with Gasteiger partial charge in [-0.15, -0.1) is 0 Å². The van der Waals surface area contributed by atoms with Crippen LogP contribution in [0.2, 0.25) is 0 Å². The molecule has 1 N–H and O–H groups in total. The van der Waals surface area contributed by atoms with E-state index < -0.39 is 11.7 Å². The second kappa shape index (κ2) is 7.40. The molecule has 0 saturated carbocycles. The van der Waals surface area contributed by atoms with Crippen molar-refractivity contribution in [3.63, 3.8) is 0 Å². The molecule has 0 bridgehead atoms. The Hall–Kier alpha value is -3.81. The Morgan fingerprint density at radius 3 is 2.59 bits per heavy atom. The van der Waals surface area contributed by atoms with Crippen molar-refractivity contribution < 1.29 is 9.18 Å². The van der Waals surface area contributed by atoms with Crippen LogP contribution in [0.4, 0.5) is 4.39 Å². The molecular formula is C24H23FN6O. The van der Waals surface area contributed by atoms with Gasteiger partial charge < -0.3 is 9.88 Å². The van der Waals surface area contributed by atoms with Gasteiger partial charge in [-0.1, -0.05) is 18.2 Å². The summed E-state index contributed by atoms with van der Waals surface area (Å²) >= 11 is 0. The number of aromatic nitrogens is 5. The monoisotopic (exact) mass is 430 g/mol. The van der Waals surface area contributed by atoms with Gasteiger partial charge in [0.1, 0.15) is 22.9 Å². The number of aromatic amines is 1. The van der Waals surface area contributed by atoms with Crippen LogP contribution in [0.3, 0.4) is 0 Å². The number of benzene rings is 2. The lowest BCUT2D eigenvalue weighted by molar-refractivity contribution is 0.0727. The standard InChI is InChI=1S/C24H23FN6O/c1-13-9-20(23-28-17-10-15(3)16(4)11-18(17)29-23)30(12-13)24(32)21-19(31-26-7-8-27-31)6-5-14(2)22(21)25/h5-8,10-11,20H,1,9,12H2,2-4H3,(H,28,29). The number of nitrogens with one attached hydrogen (secondary N) is 1. The highest BCUT2D eigenvalue weighted by Crippen LogP contribution is 2.36. The van der Waals surface area contributed by atoms with E-state index >= 15 is 4.39 Å². The summed E-state index contributed by atoms with van der Waals surface area (Å²) in [5, 5.41) is 8.19. The third-order valence-electron chi connectivity index (χ3n) is 6.11. The molecule has 1 aliphatic heterocycles. The van der Waals surface area contributed by atoms with Crippen molar-refractivity contribution >= 4 is 16.9 Å². The predicted molar refractivity (Wildman–Crippen MR) is 119 cm³/mol. The van der Waals surface area contributed by atoms with E-state index in [1.54, 1.807) is 24.0 Å². The fourth-order valence-corrected chi connectivity index (χ4v) is 4.23. The zero-order chi connectivity index (χ0) is 22.6. The van der Waals surface area contributed by atoms with E-state index in [9.17, 15) is 4.79 Å². The fraction of sp³-hybridized carbons (Fsp3) is 0.250. The molecule has 1 aliphatic rings. The number of hydrogen-bond acceptors (Lipinski definition) is 4. The molecule has 1 amide bonds. The van der Waals surface area contributed by atoms with E-state index in [0.29, 0.717) is 30.0 Å². The zero-order valence-corrected chi connectivity index (χ0v) is 18.2. The lowest BCUT2D eigenvalue weighted by Gasteiger charge is -2.24. The second-order valence-electron chi connectivity index (χ2n) is 8.39. The van der Waals surface area contributed by atoms with Crippen LogP contribution in [0.15, 0.2) is 48.8 Å². The number of H-pyrrole nitrogens is 1. The first-order valence-electron chi connectivity index (χ1n) is 10.4. The van der Waals surface area contributed by atoms with Crippen LogP contribution in [0.1, 0.15) is 45.3 Å². The number of hydrogen-bond donors (Lipinski definition) is 1. The first-order chi connectivity index (χ1) is 15.3. The average Bonchev–Trinajstić information content (AvgIpc) is 3.49. The smallest absolute Gasteiger partial charge is 0.260 e. The van der Waals surface area contributed by atoms with Gasteiger partial charge in [0.2, 0.25) is 0 Å². The quantitative estimate of drug-likeness (QED) is 0.490. The SMILES string of the molecule is C=C1CC(c2nc3cc(C)c(C)cc3[nH]2)N(C(=O)c2c(-n3nccn3)ccc(C)c2F)C1. The first kappa shape index (κ1) is 20.1. The molecule has 4 aromatic rings. The van der Waals surface area contributed by atoms with Crippen LogP contribution in [-0.2, 0) is 0 Å². The minimum atomic E-state index is -0.572. The van der Waals surface area contributed by atoms with Gasteiger partial charge in [0.15, 0.2) is 0 Å². The van der Waals surface area contributed by atoms with Crippen molar-refractivity contribution in [2.45, 2.75) is 33.2 Å². The molecule has 2 aromatic heterocycles. The molecule has 3 heterocycles. The van der Waals surface area contributed by atoms with Gasteiger partial charge in [0.25, 0.3) is 5.91 Å². The predicted octanol–water partition coefficient (Wildman–Crippen LogP) is 4.35. The van der Waals surface area contributed by atoms with E-state index in [1.165, 1.54) is 17.2 Å². The minimum absolute atomic E-state index is 0.0521. The van der Waals surface area contributed by atoms with Gasteiger partial charge >= 0.3 is 0 Å². The largest absolute Gasteiger partial charge is 0.340 e. The summed E-state index contributed by atoms with van der Waals surface area (Å²) in [5.41, 5.74) is 5.59. The number of fused-ring (bicyclic) bond motifs is 1. The highest BCUT2D eigenvalue weighted by Gasteiger charge is 2.37. The molecule has 0 radical (unpaired) electrons. The highest BCUT2D eigenvalue weighted by molar-refractivity contribution is 5.99. The van der Waals surface area contributed by atoms with Crippen molar-refractivity contribution in [3.8, 4) is 5.69 Å². The molecule has 1 atom stereocenters. The fourth-order valence-electron chi connectivity index (χ4n) is 4.23. The number of imidazole rings is 1. The molecule has 1 fully saturated rings. The van der Waals surface area contributed by atoms with Crippen molar-refractivity contribution in [3.05, 3.63) is 82.7 Å². The lowest BCUT2D eigenvalue weighted by atomic mass is 10.1. The number of carbonyl (C=O) groups is 1. The van der Waals surface area contributed by atoms with Gasteiger partial charge in [-0.05, 0) is 62.1 Å². The highest BCUT2D eigenvalue weighted by atomic mass is 19.1. The first-order valence-corrected chi connectivity index (χ1v) is 10.4. The molecule has 1 saturated heterocycles. The lowest BCUT2D eigenvalue weighted by Crippen LogP contribution is -2.33. The summed E-state index contributed by atoms with van der Waals surface area (Å²) < 4.78 is 15.3. The third-order valence-corrected chi connectivity index (χ3v) is 6.11. The van der Waals surface area contributed by atoms with Gasteiger partial charge in [0, 0.05) is 6.54 Å². The van der Waals surface area contributed by atoms with Crippen LogP contribution >= 0.6 is 0 Å². The molecule has 8 heteroatoms. The van der Waals surface area contributed by atoms with Crippen molar-refractivity contribution in [1.29, 1.82) is 0 Å². The number of nitrogens with zero attached hydrogens (tertiary/aromatic N) is 5. The van der Waals surface area contributed by atoms with E-state index in [-0.39, 0.29) is 11.6 Å². The summed E-state index contributed by atoms with van der Waals surface area (Å²) in [7, 11) is 0. The summed E-state index contributed by atoms with van der Waals surface area (Å²) in [5.74, 6) is -0.337. The van der Waals surface area contributed by atoms with E-state index in [4.69, 9.17) is 4.98 Å². The number of rotatable bonds is 3. The minimum Gasteiger partial charge on any atom is -0.340 e. The molecule has 162 valence electrons. The van der Waals surface area contributed by atoms with Crippen LogP contribution in [-0.4, -0.2) is 42.3 Å². The van der Waals surface area contributed by atoms with E-state index in [1.807, 2.05) is 19.9 Å². The molecule has 7 nitrogen and oxygen atoms in total. The maximum atomic E-state index is 15.3. The molecule has 1 unspecified atom stereocenters. The summed E-state index contributed by atoms with van der Waals surface area (Å²) in [6.07, 6.45) is 3.54. The molecule has 0 spiro atoms. The molecule has 2 aromatic carbocycles. The molecular weight excluding hydrogens is 407 g/mol. The van der Waals surface area contributed by atoms with Gasteiger partial charge in [-0.3, -0.25) is 4.79 Å². The Bertz CT molecular complexity index is 1330. The number of carbonyl (C=O) groups excluding carboxylic acids is 1. The Kier molecular flexibility index (Phi) is 4.65. The topological polar surface area (TPSA) is 79.7 Å². The van der Waals surface area contributed by atoms with Crippen molar-refractivity contribution in [1.82, 2.24) is 29.9 Å². The number of amides is 1. The Balaban J connectivity index is 1.59. The van der Waals surface area contributed by atoms with Gasteiger partial charge in [0.05, 0.1) is 29.5 Å². The molecule has 0 aliphatic carbocycles. The number of aryl methyl sites for hydroxylation is 3. The van der Waals surface area contributed by atoms with Crippen LogP contribution in [0.25, 0.3) is 16.7 Å². The maximum absolute atomic E-state index is 15.3. The summed E-state index contributed by atoms with van der Waals surface area (Å²) in [4.78, 5) is 24.7.